The van der Waals surface area contributed by atoms with Crippen molar-refractivity contribution >= 4 is 27.8 Å². The highest BCUT2D eigenvalue weighted by molar-refractivity contribution is 9.10. The van der Waals surface area contributed by atoms with Crippen LogP contribution in [-0.2, 0) is 6.61 Å². The van der Waals surface area contributed by atoms with Crippen molar-refractivity contribution < 1.29 is 9.13 Å². The molecule has 0 spiro atoms. The predicted molar refractivity (Wildman–Crippen MR) is 103 cm³/mol. The Morgan fingerprint density at radius 2 is 1.76 bits per heavy atom. The summed E-state index contributed by atoms with van der Waals surface area (Å²) < 4.78 is 19.8. The molecule has 0 atom stereocenters. The van der Waals surface area contributed by atoms with Gasteiger partial charge in [-0.1, -0.05) is 46.3 Å². The van der Waals surface area contributed by atoms with Crippen molar-refractivity contribution in [3.05, 3.63) is 94.2 Å². The lowest BCUT2D eigenvalue weighted by Crippen LogP contribution is -1.99. The zero-order valence-electron chi connectivity index (χ0n) is 13.3. The van der Waals surface area contributed by atoms with Crippen molar-refractivity contribution in [1.82, 2.24) is 0 Å². The maximum atomic E-state index is 13.0. The van der Waals surface area contributed by atoms with Gasteiger partial charge in [-0.2, -0.15) is 5.10 Å². The minimum absolute atomic E-state index is 0.257. The quantitative estimate of drug-likeness (QED) is 0.432. The Morgan fingerprint density at radius 3 is 2.52 bits per heavy atom. The molecule has 0 saturated carbocycles. The van der Waals surface area contributed by atoms with Gasteiger partial charge in [-0.05, 0) is 48.0 Å². The first-order valence-electron chi connectivity index (χ1n) is 7.71. The average molecular weight is 399 g/mol. The molecule has 3 aromatic rings. The van der Waals surface area contributed by atoms with E-state index >= 15 is 0 Å². The molecule has 0 amide bonds. The van der Waals surface area contributed by atoms with Gasteiger partial charge in [-0.3, -0.25) is 5.43 Å². The van der Waals surface area contributed by atoms with Crippen LogP contribution >= 0.6 is 15.9 Å². The SMILES string of the molecule is Fc1ccc(COc2ccc(Br)cc2C=NNc2ccccc2)cc1. The second-order valence-corrected chi connectivity index (χ2v) is 6.25. The number of hydrogen-bond acceptors (Lipinski definition) is 3. The maximum absolute atomic E-state index is 13.0. The van der Waals surface area contributed by atoms with Crippen molar-refractivity contribution in [3.63, 3.8) is 0 Å². The molecule has 3 nitrogen and oxygen atoms in total. The number of rotatable bonds is 6. The lowest BCUT2D eigenvalue weighted by Gasteiger charge is -2.10. The van der Waals surface area contributed by atoms with Gasteiger partial charge in [-0.25, -0.2) is 4.39 Å². The van der Waals surface area contributed by atoms with E-state index in [1.807, 2.05) is 48.5 Å². The van der Waals surface area contributed by atoms with Crippen LogP contribution in [0, 0.1) is 5.82 Å². The number of halogens is 2. The molecular formula is C20H16BrFN2O. The summed E-state index contributed by atoms with van der Waals surface area (Å²) in [5, 5.41) is 4.25. The first-order valence-corrected chi connectivity index (χ1v) is 8.51. The minimum Gasteiger partial charge on any atom is -0.488 e. The Balaban J connectivity index is 1.70. The van der Waals surface area contributed by atoms with Crippen LogP contribution in [0.4, 0.5) is 10.1 Å². The first-order chi connectivity index (χ1) is 12.2. The largest absolute Gasteiger partial charge is 0.488 e. The monoisotopic (exact) mass is 398 g/mol. The smallest absolute Gasteiger partial charge is 0.128 e. The summed E-state index contributed by atoms with van der Waals surface area (Å²) in [6, 6.07) is 21.7. The van der Waals surface area contributed by atoms with E-state index in [1.54, 1.807) is 18.3 Å². The summed E-state index contributed by atoms with van der Waals surface area (Å²) in [7, 11) is 0. The van der Waals surface area contributed by atoms with Crippen LogP contribution in [0.25, 0.3) is 0 Å². The molecule has 0 bridgehead atoms. The summed E-state index contributed by atoms with van der Waals surface area (Å²) in [5.74, 6) is 0.443. The number of nitrogens with zero attached hydrogens (tertiary/aromatic N) is 1. The third-order valence-electron chi connectivity index (χ3n) is 3.45. The molecule has 126 valence electrons. The molecule has 0 heterocycles. The zero-order chi connectivity index (χ0) is 17.5. The van der Waals surface area contributed by atoms with Gasteiger partial charge in [0.2, 0.25) is 0 Å². The van der Waals surface area contributed by atoms with E-state index in [2.05, 4.69) is 26.5 Å². The molecule has 0 fully saturated rings. The standard InChI is InChI=1S/C20H16BrFN2O/c21-17-8-11-20(25-14-15-6-9-18(22)10-7-15)16(12-17)13-23-24-19-4-2-1-3-5-19/h1-13,24H,14H2. The van der Waals surface area contributed by atoms with Crippen molar-refractivity contribution in [1.29, 1.82) is 0 Å². The maximum Gasteiger partial charge on any atom is 0.128 e. The highest BCUT2D eigenvalue weighted by atomic mass is 79.9. The summed E-state index contributed by atoms with van der Waals surface area (Å²) in [4.78, 5) is 0. The van der Waals surface area contributed by atoms with E-state index in [1.165, 1.54) is 12.1 Å². The van der Waals surface area contributed by atoms with E-state index in [0.29, 0.717) is 12.4 Å². The number of para-hydroxylation sites is 1. The van der Waals surface area contributed by atoms with Crippen molar-refractivity contribution in [3.8, 4) is 5.75 Å². The molecule has 0 aromatic heterocycles. The molecule has 0 unspecified atom stereocenters. The van der Waals surface area contributed by atoms with Crippen molar-refractivity contribution in [2.45, 2.75) is 6.61 Å². The lowest BCUT2D eigenvalue weighted by molar-refractivity contribution is 0.305. The Bertz CT molecular complexity index is 851. The number of hydrazone groups is 1. The van der Waals surface area contributed by atoms with E-state index in [4.69, 9.17) is 4.74 Å². The summed E-state index contributed by atoms with van der Waals surface area (Å²) in [6.07, 6.45) is 1.71. The fourth-order valence-corrected chi connectivity index (χ4v) is 2.56. The summed E-state index contributed by atoms with van der Waals surface area (Å²) in [5.41, 5.74) is 5.61. The van der Waals surface area contributed by atoms with Gasteiger partial charge < -0.3 is 4.74 Å². The number of nitrogens with one attached hydrogen (secondary N) is 1. The van der Waals surface area contributed by atoms with Crippen LogP contribution in [0.15, 0.2) is 82.4 Å². The number of ether oxygens (including phenoxy) is 1. The predicted octanol–water partition coefficient (Wildman–Crippen LogP) is 5.61. The summed E-state index contributed by atoms with van der Waals surface area (Å²) >= 11 is 3.46. The van der Waals surface area contributed by atoms with E-state index in [9.17, 15) is 4.39 Å². The Labute approximate surface area is 154 Å². The second-order valence-electron chi connectivity index (χ2n) is 5.33. The van der Waals surface area contributed by atoms with Crippen molar-refractivity contribution in [2.24, 2.45) is 5.10 Å². The fraction of sp³-hybridized carbons (Fsp3) is 0.0500. The van der Waals surface area contributed by atoms with Gasteiger partial charge in [0.15, 0.2) is 0 Å². The zero-order valence-corrected chi connectivity index (χ0v) is 14.9. The molecule has 25 heavy (non-hydrogen) atoms. The van der Waals surface area contributed by atoms with E-state index in [0.717, 1.165) is 21.3 Å². The molecule has 0 aliphatic rings. The average Bonchev–Trinajstić information content (AvgIpc) is 2.63. The molecule has 3 rings (SSSR count). The highest BCUT2D eigenvalue weighted by Gasteiger charge is 2.04. The summed E-state index contributed by atoms with van der Waals surface area (Å²) in [6.45, 7) is 0.356. The van der Waals surface area contributed by atoms with Crippen LogP contribution in [-0.4, -0.2) is 6.21 Å². The molecule has 1 N–H and O–H groups in total. The normalized spacial score (nSPS) is 10.8. The van der Waals surface area contributed by atoms with E-state index < -0.39 is 0 Å². The molecule has 0 radical (unpaired) electrons. The van der Waals surface area contributed by atoms with E-state index in [-0.39, 0.29) is 5.82 Å². The van der Waals surface area contributed by atoms with Crippen LogP contribution < -0.4 is 10.2 Å². The Kier molecular flexibility index (Phi) is 5.80. The number of anilines is 1. The molecule has 3 aromatic carbocycles. The molecule has 0 aliphatic carbocycles. The third kappa shape index (κ3) is 5.16. The number of hydrogen-bond donors (Lipinski definition) is 1. The third-order valence-corrected chi connectivity index (χ3v) is 3.94. The Hall–Kier alpha value is -2.66. The van der Waals surface area contributed by atoms with Crippen LogP contribution in [0.3, 0.4) is 0 Å². The topological polar surface area (TPSA) is 33.6 Å². The second kappa shape index (κ2) is 8.44. The Morgan fingerprint density at radius 1 is 1.00 bits per heavy atom. The van der Waals surface area contributed by atoms with Gasteiger partial charge in [0.05, 0.1) is 11.9 Å². The van der Waals surface area contributed by atoms with Crippen LogP contribution in [0.2, 0.25) is 0 Å². The fourth-order valence-electron chi connectivity index (χ4n) is 2.18. The lowest BCUT2D eigenvalue weighted by atomic mass is 10.2. The minimum atomic E-state index is -0.257. The molecular weight excluding hydrogens is 383 g/mol. The van der Waals surface area contributed by atoms with Gasteiger partial charge in [0, 0.05) is 10.0 Å². The van der Waals surface area contributed by atoms with Crippen LogP contribution in [0.5, 0.6) is 5.75 Å². The van der Waals surface area contributed by atoms with Crippen molar-refractivity contribution in [2.75, 3.05) is 5.43 Å². The van der Waals surface area contributed by atoms with Gasteiger partial charge in [0.25, 0.3) is 0 Å². The van der Waals surface area contributed by atoms with Crippen LogP contribution in [0.1, 0.15) is 11.1 Å². The van der Waals surface area contributed by atoms with Gasteiger partial charge >= 0.3 is 0 Å². The molecule has 0 aliphatic heterocycles. The van der Waals surface area contributed by atoms with Gasteiger partial charge in [-0.15, -0.1) is 0 Å². The molecule has 0 saturated heterocycles. The first kappa shape index (κ1) is 17.2. The van der Waals surface area contributed by atoms with Gasteiger partial charge in [0.1, 0.15) is 18.2 Å². The molecule has 5 heteroatoms. The highest BCUT2D eigenvalue weighted by Crippen LogP contribution is 2.23. The number of benzene rings is 3.